The van der Waals surface area contributed by atoms with Gasteiger partial charge in [0, 0.05) is 28.7 Å². The van der Waals surface area contributed by atoms with Crippen LogP contribution in [-0.2, 0) is 0 Å². The van der Waals surface area contributed by atoms with E-state index in [4.69, 9.17) is 15.6 Å². The van der Waals surface area contributed by atoms with E-state index in [9.17, 15) is 0 Å². The molecule has 0 saturated heterocycles. The molecule has 1 heterocycles. The van der Waals surface area contributed by atoms with Gasteiger partial charge in [-0.3, -0.25) is 0 Å². The summed E-state index contributed by atoms with van der Waals surface area (Å²) in [5, 5.41) is 10.4. The van der Waals surface area contributed by atoms with Gasteiger partial charge in [0.1, 0.15) is 0 Å². The van der Waals surface area contributed by atoms with Gasteiger partial charge in [-0.2, -0.15) is 4.98 Å². The van der Waals surface area contributed by atoms with Crippen LogP contribution in [0.2, 0.25) is 0 Å². The van der Waals surface area contributed by atoms with Gasteiger partial charge in [-0.25, -0.2) is 0 Å². The molecule has 0 radical (unpaired) electrons. The number of anilines is 3. The van der Waals surface area contributed by atoms with Crippen LogP contribution >= 0.6 is 0 Å². The number of rotatable bonds is 4. The fourth-order valence-corrected chi connectivity index (χ4v) is 2.21. The van der Waals surface area contributed by atoms with Crippen molar-refractivity contribution < 1.29 is 4.42 Å². The number of aromatic nitrogens is 1. The van der Waals surface area contributed by atoms with Crippen LogP contribution in [0, 0.1) is 12.3 Å². The Bertz CT molecular complexity index is 809. The highest BCUT2D eigenvalue weighted by Crippen LogP contribution is 2.28. The lowest BCUT2D eigenvalue weighted by atomic mass is 10.1. The van der Waals surface area contributed by atoms with Crippen molar-refractivity contribution in [2.45, 2.75) is 6.92 Å². The molecule has 0 bridgehead atoms. The summed E-state index contributed by atoms with van der Waals surface area (Å²) < 4.78 is 5.80. The van der Waals surface area contributed by atoms with E-state index in [1.165, 1.54) is 6.21 Å². The molecule has 0 saturated carbocycles. The van der Waals surface area contributed by atoms with Crippen LogP contribution in [0.3, 0.4) is 0 Å². The third kappa shape index (κ3) is 2.69. The lowest BCUT2D eigenvalue weighted by molar-refractivity contribution is 0.591. The van der Waals surface area contributed by atoms with Gasteiger partial charge in [-0.1, -0.05) is 30.3 Å². The van der Waals surface area contributed by atoms with Gasteiger partial charge in [0.25, 0.3) is 6.01 Å². The Morgan fingerprint density at radius 2 is 1.95 bits per heavy atom. The van der Waals surface area contributed by atoms with Crippen molar-refractivity contribution in [3.05, 3.63) is 59.8 Å². The minimum Gasteiger partial charge on any atom is -0.423 e. The van der Waals surface area contributed by atoms with E-state index in [-0.39, 0.29) is 0 Å². The summed E-state index contributed by atoms with van der Waals surface area (Å²) in [6, 6.07) is 15.6. The molecule has 3 rings (SSSR count). The number of benzene rings is 2. The van der Waals surface area contributed by atoms with E-state index in [1.807, 2.05) is 43.3 Å². The van der Waals surface area contributed by atoms with E-state index in [1.54, 1.807) is 12.1 Å². The van der Waals surface area contributed by atoms with Crippen LogP contribution in [0.25, 0.3) is 11.3 Å². The molecule has 0 aliphatic heterocycles. The van der Waals surface area contributed by atoms with Crippen molar-refractivity contribution in [1.82, 2.24) is 4.98 Å². The van der Waals surface area contributed by atoms with Gasteiger partial charge in [0.05, 0.1) is 5.69 Å². The van der Waals surface area contributed by atoms with Crippen molar-refractivity contribution in [2.75, 3.05) is 11.1 Å². The van der Waals surface area contributed by atoms with Crippen LogP contribution in [0.5, 0.6) is 0 Å². The Hall–Kier alpha value is -3.08. The summed E-state index contributed by atoms with van der Waals surface area (Å²) >= 11 is 0. The first-order valence-electron chi connectivity index (χ1n) is 6.87. The van der Waals surface area contributed by atoms with E-state index in [0.29, 0.717) is 17.3 Å². The van der Waals surface area contributed by atoms with Gasteiger partial charge >= 0.3 is 0 Å². The summed E-state index contributed by atoms with van der Waals surface area (Å²) in [4.78, 5) is 4.39. The fraction of sp³-hybridized carbons (Fsp3) is 0.0588. The topological polar surface area (TPSA) is 87.9 Å². The maximum atomic E-state index is 7.34. The summed E-state index contributed by atoms with van der Waals surface area (Å²) in [6.45, 7) is 1.91. The second kappa shape index (κ2) is 5.73. The van der Waals surface area contributed by atoms with E-state index in [0.717, 1.165) is 22.7 Å². The molecule has 0 aliphatic carbocycles. The number of nitrogen functional groups attached to an aromatic ring is 1. The zero-order valence-electron chi connectivity index (χ0n) is 12.1. The predicted molar refractivity (Wildman–Crippen MR) is 88.7 cm³/mol. The zero-order chi connectivity index (χ0) is 15.5. The van der Waals surface area contributed by atoms with Gasteiger partial charge < -0.3 is 20.9 Å². The molecule has 0 fully saturated rings. The Balaban J connectivity index is 1.89. The number of nitrogens with one attached hydrogen (secondary N) is 2. The average Bonchev–Trinajstić information content (AvgIpc) is 2.90. The molecule has 0 atom stereocenters. The quantitative estimate of drug-likeness (QED) is 0.501. The highest BCUT2D eigenvalue weighted by molar-refractivity contribution is 5.87. The molecular weight excluding hydrogens is 276 g/mol. The molecule has 110 valence electrons. The third-order valence-corrected chi connectivity index (χ3v) is 3.33. The number of hydrogen-bond acceptors (Lipinski definition) is 5. The molecule has 0 spiro atoms. The lowest BCUT2D eigenvalue weighted by Gasteiger charge is -2.05. The summed E-state index contributed by atoms with van der Waals surface area (Å²) in [6.07, 6.45) is 1.22. The molecule has 0 unspecified atom stereocenters. The largest absolute Gasteiger partial charge is 0.423 e. The van der Waals surface area contributed by atoms with Crippen LogP contribution in [0.15, 0.2) is 52.9 Å². The Morgan fingerprint density at radius 1 is 1.18 bits per heavy atom. The average molecular weight is 292 g/mol. The Kier molecular flexibility index (Phi) is 3.62. The number of nitrogens with zero attached hydrogens (tertiary/aromatic N) is 1. The Labute approximate surface area is 128 Å². The SMILES string of the molecule is Cc1nc(Nc2ccc(N)c(C=N)c2)oc1-c1ccccc1. The van der Waals surface area contributed by atoms with Crippen molar-refractivity contribution in [3.8, 4) is 11.3 Å². The number of oxazole rings is 1. The van der Waals surface area contributed by atoms with Gasteiger partial charge in [-0.05, 0) is 25.1 Å². The van der Waals surface area contributed by atoms with Crippen molar-refractivity contribution in [2.24, 2.45) is 0 Å². The number of hydrogen-bond donors (Lipinski definition) is 3. The molecule has 0 aliphatic rings. The first-order valence-corrected chi connectivity index (χ1v) is 6.87. The molecule has 3 aromatic rings. The number of nitrogens with two attached hydrogens (primary N) is 1. The lowest BCUT2D eigenvalue weighted by Crippen LogP contribution is -1.96. The maximum absolute atomic E-state index is 7.34. The predicted octanol–water partition coefficient (Wildman–Crippen LogP) is 3.97. The molecule has 22 heavy (non-hydrogen) atoms. The van der Waals surface area contributed by atoms with Crippen molar-refractivity contribution in [3.63, 3.8) is 0 Å². The minimum atomic E-state index is 0.414. The molecule has 5 nitrogen and oxygen atoms in total. The molecule has 2 aromatic carbocycles. The maximum Gasteiger partial charge on any atom is 0.299 e. The molecule has 1 aromatic heterocycles. The zero-order valence-corrected chi connectivity index (χ0v) is 12.1. The van der Waals surface area contributed by atoms with Gasteiger partial charge in [-0.15, -0.1) is 0 Å². The van der Waals surface area contributed by atoms with Crippen LogP contribution in [0.1, 0.15) is 11.3 Å². The van der Waals surface area contributed by atoms with E-state index in [2.05, 4.69) is 10.3 Å². The first-order chi connectivity index (χ1) is 10.7. The second-order valence-electron chi connectivity index (χ2n) is 4.91. The van der Waals surface area contributed by atoms with E-state index < -0.39 is 0 Å². The van der Waals surface area contributed by atoms with Crippen LogP contribution in [-0.4, -0.2) is 11.2 Å². The van der Waals surface area contributed by atoms with Crippen LogP contribution in [0.4, 0.5) is 17.4 Å². The van der Waals surface area contributed by atoms with Crippen molar-refractivity contribution >= 4 is 23.6 Å². The molecule has 4 N–H and O–H groups in total. The highest BCUT2D eigenvalue weighted by Gasteiger charge is 2.11. The smallest absolute Gasteiger partial charge is 0.299 e. The second-order valence-corrected chi connectivity index (χ2v) is 4.91. The highest BCUT2D eigenvalue weighted by atomic mass is 16.4. The third-order valence-electron chi connectivity index (χ3n) is 3.33. The normalized spacial score (nSPS) is 10.4. The minimum absolute atomic E-state index is 0.414. The summed E-state index contributed by atoms with van der Waals surface area (Å²) in [5.41, 5.74) is 9.57. The number of aryl methyl sites for hydroxylation is 1. The first kappa shape index (κ1) is 13.9. The molecule has 0 amide bonds. The monoisotopic (exact) mass is 292 g/mol. The standard InChI is InChI=1S/C17H16N4O/c1-11-16(12-5-3-2-4-6-12)22-17(20-11)21-14-7-8-15(19)13(9-14)10-18/h2-10,18H,19H2,1H3,(H,20,21). The molecular formula is C17H16N4O. The Morgan fingerprint density at radius 3 is 2.68 bits per heavy atom. The van der Waals surface area contributed by atoms with Crippen LogP contribution < -0.4 is 11.1 Å². The summed E-state index contributed by atoms with van der Waals surface area (Å²) in [7, 11) is 0. The van der Waals surface area contributed by atoms with Gasteiger partial charge in [0.15, 0.2) is 5.76 Å². The molecule has 5 heteroatoms. The summed E-state index contributed by atoms with van der Waals surface area (Å²) in [5.74, 6) is 0.742. The van der Waals surface area contributed by atoms with Gasteiger partial charge in [0.2, 0.25) is 0 Å². The fourth-order valence-electron chi connectivity index (χ4n) is 2.21. The van der Waals surface area contributed by atoms with E-state index >= 15 is 0 Å². The van der Waals surface area contributed by atoms with Crippen molar-refractivity contribution in [1.29, 1.82) is 5.41 Å².